The first-order chi connectivity index (χ1) is 14.0. The summed E-state index contributed by atoms with van der Waals surface area (Å²) in [5, 5.41) is 4.70. The Morgan fingerprint density at radius 3 is 2.76 bits per heavy atom. The maximum absolute atomic E-state index is 12.6. The number of hydrogen-bond donors (Lipinski definition) is 1. The minimum atomic E-state index is -0.478. The van der Waals surface area contributed by atoms with Gasteiger partial charge in [-0.15, -0.1) is 0 Å². The first-order valence-electron chi connectivity index (χ1n) is 9.62. The Morgan fingerprint density at radius 1 is 1.17 bits per heavy atom. The lowest BCUT2D eigenvalue weighted by Crippen LogP contribution is -2.29. The molecule has 0 bridgehead atoms. The summed E-state index contributed by atoms with van der Waals surface area (Å²) in [4.78, 5) is 28.9. The van der Waals surface area contributed by atoms with E-state index in [4.69, 9.17) is 8.83 Å². The van der Waals surface area contributed by atoms with Crippen LogP contribution in [0.25, 0.3) is 21.9 Å². The third kappa shape index (κ3) is 3.55. The number of furan rings is 1. The highest BCUT2D eigenvalue weighted by Gasteiger charge is 2.19. The summed E-state index contributed by atoms with van der Waals surface area (Å²) in [6, 6.07) is 1.97. The lowest BCUT2D eigenvalue weighted by Gasteiger charge is -2.10. The van der Waals surface area contributed by atoms with E-state index in [1.807, 2.05) is 37.6 Å². The Hall–Kier alpha value is -3.35. The molecule has 3 heterocycles. The molecule has 0 radical (unpaired) electrons. The minimum absolute atomic E-state index is 0.00334. The van der Waals surface area contributed by atoms with E-state index in [9.17, 15) is 9.59 Å². The van der Waals surface area contributed by atoms with Crippen LogP contribution in [0.5, 0.6) is 0 Å². The maximum atomic E-state index is 12.6. The van der Waals surface area contributed by atoms with Crippen LogP contribution in [-0.2, 0) is 17.8 Å². The standard InChI is InChI=1S/C22H23N3O4/c1-13-11-28-20-15(3)21-17(9-16(13)20)14(2)18(22(27)29-21)10-19(26)24-5-4-7-25-8-6-23-12-25/h6,8-9,11-12H,4-5,7,10H2,1-3H3,(H,24,26). The quantitative estimate of drug-likeness (QED) is 0.400. The predicted octanol–water partition coefficient (Wildman–Crippen LogP) is 3.41. The SMILES string of the molecule is Cc1coc2c(C)c3oc(=O)c(CC(=O)NCCCn4ccnc4)c(C)c3cc12. The normalized spacial score (nSPS) is 11.4. The van der Waals surface area contributed by atoms with Crippen molar-refractivity contribution in [3.05, 3.63) is 63.7 Å². The molecule has 1 N–H and O–H groups in total. The van der Waals surface area contributed by atoms with Gasteiger partial charge in [-0.3, -0.25) is 4.79 Å². The Morgan fingerprint density at radius 2 is 2.00 bits per heavy atom. The second-order valence-corrected chi connectivity index (χ2v) is 7.35. The summed E-state index contributed by atoms with van der Waals surface area (Å²) in [6.07, 6.45) is 7.82. The molecule has 1 amide bonds. The van der Waals surface area contributed by atoms with Gasteiger partial charge in [0.05, 0.1) is 24.6 Å². The molecule has 0 atom stereocenters. The van der Waals surface area contributed by atoms with E-state index in [1.165, 1.54) is 0 Å². The largest absolute Gasteiger partial charge is 0.464 e. The molecule has 4 rings (SSSR count). The van der Waals surface area contributed by atoms with Gasteiger partial charge in [-0.1, -0.05) is 0 Å². The lowest BCUT2D eigenvalue weighted by atomic mass is 9.99. The molecule has 7 nitrogen and oxygen atoms in total. The molecule has 0 fully saturated rings. The highest BCUT2D eigenvalue weighted by Crippen LogP contribution is 2.32. The molecule has 29 heavy (non-hydrogen) atoms. The number of carbonyl (C=O) groups is 1. The van der Waals surface area contributed by atoms with Crippen LogP contribution >= 0.6 is 0 Å². The lowest BCUT2D eigenvalue weighted by molar-refractivity contribution is -0.120. The first-order valence-corrected chi connectivity index (χ1v) is 9.62. The van der Waals surface area contributed by atoms with E-state index in [-0.39, 0.29) is 12.3 Å². The number of carbonyl (C=O) groups excluding carboxylic acids is 1. The fourth-order valence-corrected chi connectivity index (χ4v) is 3.65. The first kappa shape index (κ1) is 19.0. The number of nitrogens with zero attached hydrogens (tertiary/aromatic N) is 2. The van der Waals surface area contributed by atoms with Crippen molar-refractivity contribution in [1.82, 2.24) is 14.9 Å². The number of rotatable bonds is 6. The molecular formula is C22H23N3O4. The summed E-state index contributed by atoms with van der Waals surface area (Å²) < 4.78 is 13.2. The van der Waals surface area contributed by atoms with Gasteiger partial charge in [0, 0.05) is 41.8 Å². The number of benzene rings is 1. The van der Waals surface area contributed by atoms with E-state index >= 15 is 0 Å². The Bertz CT molecular complexity index is 1250. The minimum Gasteiger partial charge on any atom is -0.464 e. The zero-order chi connectivity index (χ0) is 20.5. The summed E-state index contributed by atoms with van der Waals surface area (Å²) in [5.74, 6) is -0.192. The van der Waals surface area contributed by atoms with E-state index in [1.54, 1.807) is 18.8 Å². The smallest absolute Gasteiger partial charge is 0.340 e. The number of aromatic nitrogens is 2. The fourth-order valence-electron chi connectivity index (χ4n) is 3.65. The van der Waals surface area contributed by atoms with Crippen LogP contribution in [0.1, 0.15) is 28.7 Å². The Labute approximate surface area is 167 Å². The molecule has 0 aliphatic heterocycles. The second kappa shape index (κ2) is 7.58. The fraction of sp³-hybridized carbons (Fsp3) is 0.318. The van der Waals surface area contributed by atoms with Gasteiger partial charge < -0.3 is 18.7 Å². The van der Waals surface area contributed by atoms with Crippen LogP contribution in [-0.4, -0.2) is 22.0 Å². The predicted molar refractivity (Wildman–Crippen MR) is 110 cm³/mol. The number of aryl methyl sites for hydroxylation is 4. The molecule has 0 spiro atoms. The molecule has 0 saturated heterocycles. The highest BCUT2D eigenvalue weighted by atomic mass is 16.4. The summed E-state index contributed by atoms with van der Waals surface area (Å²) in [5.41, 5.74) is 3.74. The van der Waals surface area contributed by atoms with Crippen LogP contribution in [0.15, 0.2) is 44.7 Å². The molecule has 0 aliphatic rings. The van der Waals surface area contributed by atoms with Crippen molar-refractivity contribution in [3.8, 4) is 0 Å². The third-order valence-corrected chi connectivity index (χ3v) is 5.35. The second-order valence-electron chi connectivity index (χ2n) is 7.35. The Balaban J connectivity index is 1.55. The van der Waals surface area contributed by atoms with Crippen molar-refractivity contribution in [2.24, 2.45) is 0 Å². The van der Waals surface area contributed by atoms with Crippen molar-refractivity contribution in [2.45, 2.75) is 40.2 Å². The van der Waals surface area contributed by atoms with Crippen molar-refractivity contribution in [3.63, 3.8) is 0 Å². The van der Waals surface area contributed by atoms with Gasteiger partial charge in [-0.2, -0.15) is 0 Å². The average molecular weight is 393 g/mol. The van der Waals surface area contributed by atoms with Crippen LogP contribution in [0.3, 0.4) is 0 Å². The zero-order valence-electron chi connectivity index (χ0n) is 16.7. The molecule has 4 aromatic rings. The van der Waals surface area contributed by atoms with Gasteiger partial charge in [0.25, 0.3) is 0 Å². The molecule has 1 aromatic carbocycles. The number of imidazole rings is 1. The van der Waals surface area contributed by atoms with Crippen molar-refractivity contribution < 1.29 is 13.6 Å². The summed E-state index contributed by atoms with van der Waals surface area (Å²) >= 11 is 0. The van der Waals surface area contributed by atoms with Gasteiger partial charge >= 0.3 is 5.63 Å². The van der Waals surface area contributed by atoms with E-state index in [0.29, 0.717) is 17.7 Å². The third-order valence-electron chi connectivity index (χ3n) is 5.35. The molecule has 150 valence electrons. The Kier molecular flexibility index (Phi) is 4.96. The molecule has 3 aromatic heterocycles. The van der Waals surface area contributed by atoms with Crippen LogP contribution in [0.2, 0.25) is 0 Å². The van der Waals surface area contributed by atoms with Gasteiger partial charge in [-0.25, -0.2) is 9.78 Å². The zero-order valence-corrected chi connectivity index (χ0v) is 16.7. The number of fused-ring (bicyclic) bond motifs is 2. The van der Waals surface area contributed by atoms with Crippen LogP contribution in [0.4, 0.5) is 0 Å². The van der Waals surface area contributed by atoms with Crippen LogP contribution in [0, 0.1) is 20.8 Å². The molecule has 0 unspecified atom stereocenters. The molecule has 7 heteroatoms. The van der Waals surface area contributed by atoms with Gasteiger partial charge in [0.2, 0.25) is 5.91 Å². The molecular weight excluding hydrogens is 370 g/mol. The van der Waals surface area contributed by atoms with Crippen molar-refractivity contribution in [2.75, 3.05) is 6.54 Å². The number of nitrogens with one attached hydrogen (secondary N) is 1. The van der Waals surface area contributed by atoms with Gasteiger partial charge in [0.1, 0.15) is 11.2 Å². The van der Waals surface area contributed by atoms with Crippen molar-refractivity contribution >= 4 is 27.8 Å². The monoisotopic (exact) mass is 393 g/mol. The van der Waals surface area contributed by atoms with Gasteiger partial charge in [-0.05, 0) is 44.4 Å². The topological polar surface area (TPSA) is 90.3 Å². The number of hydrogen-bond acceptors (Lipinski definition) is 5. The molecule has 0 aliphatic carbocycles. The average Bonchev–Trinajstić information content (AvgIpc) is 3.34. The van der Waals surface area contributed by atoms with Crippen LogP contribution < -0.4 is 10.9 Å². The van der Waals surface area contributed by atoms with Crippen molar-refractivity contribution in [1.29, 1.82) is 0 Å². The molecule has 0 saturated carbocycles. The summed E-state index contributed by atoms with van der Waals surface area (Å²) in [6.45, 7) is 7.02. The van der Waals surface area contributed by atoms with E-state index in [2.05, 4.69) is 10.3 Å². The van der Waals surface area contributed by atoms with Gasteiger partial charge in [0.15, 0.2) is 0 Å². The highest BCUT2D eigenvalue weighted by molar-refractivity contribution is 6.00. The summed E-state index contributed by atoms with van der Waals surface area (Å²) in [7, 11) is 0. The van der Waals surface area contributed by atoms with E-state index < -0.39 is 5.63 Å². The number of amides is 1. The maximum Gasteiger partial charge on any atom is 0.340 e. The van der Waals surface area contributed by atoms with E-state index in [0.717, 1.165) is 46.0 Å².